The Kier molecular flexibility index (Phi) is 5.01. The zero-order valence-electron chi connectivity index (χ0n) is 10.7. The predicted molar refractivity (Wildman–Crippen MR) is 68.6 cm³/mol. The predicted octanol–water partition coefficient (Wildman–Crippen LogP) is 0.300. The van der Waals surface area contributed by atoms with Gasteiger partial charge in [0, 0.05) is 7.05 Å². The summed E-state index contributed by atoms with van der Waals surface area (Å²) in [7, 11) is 1.27. The molecule has 20 heavy (non-hydrogen) atoms. The van der Waals surface area contributed by atoms with Crippen molar-refractivity contribution < 1.29 is 23.9 Å². The minimum absolute atomic E-state index is 0.0202. The molecule has 7 nitrogen and oxygen atoms in total. The number of carboxylic acid groups (broad SMARTS) is 1. The summed E-state index contributed by atoms with van der Waals surface area (Å²) >= 11 is 0. The van der Waals surface area contributed by atoms with E-state index in [-0.39, 0.29) is 5.69 Å². The number of rotatable bonds is 5. The molecule has 4 N–H and O–H groups in total. The smallest absolute Gasteiger partial charge is 0.326 e. The molecular formula is C12H14FN3O4. The number of nitrogens with one attached hydrogen (secondary N) is 1. The number of primary amides is 1. The number of amides is 3. The molecule has 0 spiro atoms. The Hall–Kier alpha value is -2.64. The fourth-order valence-electron chi connectivity index (χ4n) is 1.48. The van der Waals surface area contributed by atoms with Crippen molar-refractivity contribution in [1.82, 2.24) is 5.32 Å². The van der Waals surface area contributed by atoms with Gasteiger partial charge in [-0.1, -0.05) is 12.1 Å². The number of urea groups is 1. The zero-order valence-corrected chi connectivity index (χ0v) is 10.7. The van der Waals surface area contributed by atoms with Gasteiger partial charge in [0.05, 0.1) is 12.1 Å². The molecule has 1 atom stereocenters. The van der Waals surface area contributed by atoms with Gasteiger partial charge in [0.15, 0.2) is 0 Å². The van der Waals surface area contributed by atoms with Gasteiger partial charge in [-0.05, 0) is 12.1 Å². The molecule has 1 unspecified atom stereocenters. The molecule has 0 saturated heterocycles. The normalized spacial score (nSPS) is 11.5. The first-order valence-electron chi connectivity index (χ1n) is 5.62. The molecule has 0 bridgehead atoms. The highest BCUT2D eigenvalue weighted by Crippen LogP contribution is 2.17. The Labute approximate surface area is 114 Å². The van der Waals surface area contributed by atoms with E-state index in [1.165, 1.54) is 25.2 Å². The maximum Gasteiger partial charge on any atom is 0.326 e. The highest BCUT2D eigenvalue weighted by molar-refractivity contribution is 5.95. The van der Waals surface area contributed by atoms with E-state index in [1.54, 1.807) is 0 Å². The van der Waals surface area contributed by atoms with E-state index in [1.807, 2.05) is 0 Å². The van der Waals surface area contributed by atoms with E-state index in [9.17, 15) is 18.8 Å². The summed E-state index contributed by atoms with van der Waals surface area (Å²) in [5, 5.41) is 11.0. The quantitative estimate of drug-likeness (QED) is 0.721. The molecule has 0 aliphatic heterocycles. The summed E-state index contributed by atoms with van der Waals surface area (Å²) < 4.78 is 13.5. The van der Waals surface area contributed by atoms with Crippen molar-refractivity contribution in [2.24, 2.45) is 5.73 Å². The summed E-state index contributed by atoms with van der Waals surface area (Å²) in [6.07, 6.45) is -0.549. The number of aliphatic carboxylic acids is 1. The number of benzene rings is 1. The molecule has 0 heterocycles. The Bertz CT molecular complexity index is 535. The van der Waals surface area contributed by atoms with Crippen LogP contribution in [0.3, 0.4) is 0 Å². The van der Waals surface area contributed by atoms with Crippen LogP contribution in [0.5, 0.6) is 0 Å². The molecular weight excluding hydrogens is 269 g/mol. The molecule has 0 aliphatic rings. The van der Waals surface area contributed by atoms with E-state index in [0.717, 1.165) is 11.0 Å². The number of carboxylic acids is 1. The fourth-order valence-corrected chi connectivity index (χ4v) is 1.48. The Morgan fingerprint density at radius 1 is 1.40 bits per heavy atom. The van der Waals surface area contributed by atoms with Gasteiger partial charge < -0.3 is 16.2 Å². The van der Waals surface area contributed by atoms with Crippen molar-refractivity contribution in [1.29, 1.82) is 0 Å². The summed E-state index contributed by atoms with van der Waals surface area (Å²) in [4.78, 5) is 34.3. The van der Waals surface area contributed by atoms with Crippen molar-refractivity contribution >= 4 is 23.6 Å². The standard InChI is InChI=1S/C12H14FN3O4/c1-16(9-5-3-2-4-7(9)13)12(20)15-8(11(18)19)6-10(14)17/h2-5,8H,6H2,1H3,(H2,14,17)(H,15,20)(H,18,19). The maximum atomic E-state index is 13.5. The molecule has 3 amide bonds. The van der Waals surface area contributed by atoms with Gasteiger partial charge in [-0.25, -0.2) is 14.0 Å². The summed E-state index contributed by atoms with van der Waals surface area (Å²) in [5.41, 5.74) is 4.87. The fraction of sp³-hybridized carbons (Fsp3) is 0.250. The number of carbonyl (C=O) groups excluding carboxylic acids is 2. The van der Waals surface area contributed by atoms with Crippen LogP contribution in [-0.4, -0.2) is 36.1 Å². The second-order valence-electron chi connectivity index (χ2n) is 4.02. The van der Waals surface area contributed by atoms with Crippen LogP contribution in [0.1, 0.15) is 6.42 Å². The third-order valence-corrected chi connectivity index (χ3v) is 2.52. The van der Waals surface area contributed by atoms with E-state index < -0.39 is 36.2 Å². The average molecular weight is 283 g/mol. The summed E-state index contributed by atoms with van der Waals surface area (Å²) in [5.74, 6) is -2.91. The lowest BCUT2D eigenvalue weighted by Crippen LogP contribution is -2.48. The first-order valence-corrected chi connectivity index (χ1v) is 5.62. The minimum atomic E-state index is -1.46. The molecule has 1 aromatic rings. The van der Waals surface area contributed by atoms with Crippen LogP contribution in [0.4, 0.5) is 14.9 Å². The number of anilines is 1. The number of halogens is 1. The number of carbonyl (C=O) groups is 3. The van der Waals surface area contributed by atoms with Crippen LogP contribution in [0, 0.1) is 5.82 Å². The topological polar surface area (TPSA) is 113 Å². The first-order chi connectivity index (χ1) is 9.32. The van der Waals surface area contributed by atoms with Gasteiger partial charge in [0.2, 0.25) is 5.91 Å². The summed E-state index contributed by atoms with van der Waals surface area (Å²) in [6, 6.07) is 3.19. The van der Waals surface area contributed by atoms with Crippen LogP contribution in [0.2, 0.25) is 0 Å². The van der Waals surface area contributed by atoms with Gasteiger partial charge in [0.25, 0.3) is 0 Å². The van der Waals surface area contributed by atoms with Gasteiger partial charge in [0.1, 0.15) is 11.9 Å². The second-order valence-corrected chi connectivity index (χ2v) is 4.02. The molecule has 0 radical (unpaired) electrons. The molecule has 1 rings (SSSR count). The lowest BCUT2D eigenvalue weighted by atomic mass is 10.2. The van der Waals surface area contributed by atoms with E-state index >= 15 is 0 Å². The van der Waals surface area contributed by atoms with Crippen LogP contribution >= 0.6 is 0 Å². The molecule has 8 heteroatoms. The number of nitrogens with two attached hydrogens (primary N) is 1. The van der Waals surface area contributed by atoms with Crippen LogP contribution in [0.25, 0.3) is 0 Å². The molecule has 0 fully saturated rings. The third-order valence-electron chi connectivity index (χ3n) is 2.52. The second kappa shape index (κ2) is 6.50. The number of nitrogens with zero attached hydrogens (tertiary/aromatic N) is 1. The van der Waals surface area contributed by atoms with Crippen molar-refractivity contribution in [2.75, 3.05) is 11.9 Å². The molecule has 1 aromatic carbocycles. The van der Waals surface area contributed by atoms with Crippen LogP contribution < -0.4 is 16.0 Å². The number of hydrogen-bond acceptors (Lipinski definition) is 3. The van der Waals surface area contributed by atoms with E-state index in [2.05, 4.69) is 5.32 Å². The highest BCUT2D eigenvalue weighted by Gasteiger charge is 2.24. The molecule has 108 valence electrons. The Morgan fingerprint density at radius 3 is 2.50 bits per heavy atom. The lowest BCUT2D eigenvalue weighted by Gasteiger charge is -2.21. The van der Waals surface area contributed by atoms with Gasteiger partial charge in [-0.3, -0.25) is 9.69 Å². The van der Waals surface area contributed by atoms with Gasteiger partial charge >= 0.3 is 12.0 Å². The van der Waals surface area contributed by atoms with Crippen LogP contribution in [0.15, 0.2) is 24.3 Å². The number of hydrogen-bond donors (Lipinski definition) is 3. The third kappa shape index (κ3) is 3.94. The monoisotopic (exact) mass is 283 g/mol. The number of para-hydroxylation sites is 1. The Balaban J connectivity index is 2.81. The van der Waals surface area contributed by atoms with Crippen molar-refractivity contribution in [3.05, 3.63) is 30.1 Å². The average Bonchev–Trinajstić information content (AvgIpc) is 2.37. The SMILES string of the molecule is CN(C(=O)NC(CC(N)=O)C(=O)O)c1ccccc1F. The maximum absolute atomic E-state index is 13.5. The van der Waals surface area contributed by atoms with Crippen molar-refractivity contribution in [3.63, 3.8) is 0 Å². The van der Waals surface area contributed by atoms with Crippen molar-refractivity contribution in [2.45, 2.75) is 12.5 Å². The van der Waals surface area contributed by atoms with Gasteiger partial charge in [-0.15, -0.1) is 0 Å². The highest BCUT2D eigenvalue weighted by atomic mass is 19.1. The molecule has 0 aliphatic carbocycles. The first kappa shape index (κ1) is 15.4. The molecule has 0 saturated carbocycles. The Morgan fingerprint density at radius 2 is 2.00 bits per heavy atom. The van der Waals surface area contributed by atoms with E-state index in [0.29, 0.717) is 0 Å². The lowest BCUT2D eigenvalue weighted by molar-refractivity contribution is -0.140. The zero-order chi connectivity index (χ0) is 15.3. The molecule has 0 aromatic heterocycles. The largest absolute Gasteiger partial charge is 0.480 e. The van der Waals surface area contributed by atoms with Crippen molar-refractivity contribution in [3.8, 4) is 0 Å². The van der Waals surface area contributed by atoms with Crippen LogP contribution in [-0.2, 0) is 9.59 Å². The summed E-state index contributed by atoms with van der Waals surface area (Å²) in [6.45, 7) is 0. The minimum Gasteiger partial charge on any atom is -0.480 e. The van der Waals surface area contributed by atoms with Gasteiger partial charge in [-0.2, -0.15) is 0 Å². The van der Waals surface area contributed by atoms with E-state index in [4.69, 9.17) is 10.8 Å².